The molecule has 32 rings (SSSR count). The predicted octanol–water partition coefficient (Wildman–Crippen LogP) is 31.1. The largest absolute Gasteiger partial charge is 0.0596 e. The highest BCUT2D eigenvalue weighted by atomic mass is 14.9. The molecule has 0 aromatic carbocycles. The molecule has 106 heavy (non-hydrogen) atoms. The van der Waals surface area contributed by atoms with Crippen LogP contribution in [0.15, 0.2) is 0 Å². The SMILES string of the molecule is CC12CC3(C)CC(C)(C1)CC(CCC14CC5(C)CC(C)(C1)CC(CC16CC7(C)CC(CC89CC%10(C)CC(C)(CC(C)(C%10)C8)C9)(C1)CC(CC18CC9(CC%10%11CC%12(C)CC(C)(CC(C)(C%12)C%10)C%11)CC(CC%10%11CC%12(C)CC(C)(CC(C)(C%12)C%10)C%11)(CC(CC%10%11CC%12(C)CC(C)(CC(C)(C%12)C%10)C%11)(C9)C1)C8)(C7)C6)(C5)C4)(C2)C3. The van der Waals surface area contributed by atoms with E-state index in [2.05, 4.69) is 125 Å². The van der Waals surface area contributed by atoms with Crippen molar-refractivity contribution in [3.8, 4) is 0 Å². The Bertz CT molecular complexity index is 3420. The molecule has 0 radical (unpaired) electrons. The Morgan fingerprint density at radius 3 is 0.321 bits per heavy atom. The van der Waals surface area contributed by atoms with Gasteiger partial charge in [-0.3, -0.25) is 0 Å². The first-order valence-electron chi connectivity index (χ1n) is 48.4. The lowest BCUT2D eigenvalue weighted by Crippen LogP contribution is -2.69. The van der Waals surface area contributed by atoms with Crippen LogP contribution in [0.25, 0.3) is 0 Å². The van der Waals surface area contributed by atoms with Crippen LogP contribution in [0, 0.1) is 173 Å². The maximum Gasteiger partial charge on any atom is -0.0276 e. The van der Waals surface area contributed by atoms with Crippen LogP contribution >= 0.6 is 0 Å². The molecule has 0 N–H and O–H groups in total. The number of hydrogen-bond acceptors (Lipinski definition) is 0. The van der Waals surface area contributed by atoms with Gasteiger partial charge in [0.05, 0.1) is 0 Å². The van der Waals surface area contributed by atoms with Gasteiger partial charge in [0.1, 0.15) is 0 Å². The molecule has 32 bridgehead atoms. The molecule has 32 aliphatic carbocycles. The minimum Gasteiger partial charge on any atom is -0.0596 e. The van der Waals surface area contributed by atoms with Crippen LogP contribution in [-0.4, -0.2) is 0 Å². The highest BCUT2D eigenvalue weighted by Crippen LogP contribution is 2.91. The molecule has 32 fully saturated rings. The van der Waals surface area contributed by atoms with Crippen molar-refractivity contribution in [3.63, 3.8) is 0 Å². The van der Waals surface area contributed by atoms with Gasteiger partial charge in [0, 0.05) is 0 Å². The molecule has 6 unspecified atom stereocenters. The van der Waals surface area contributed by atoms with E-state index in [1.54, 1.807) is 340 Å². The average Bonchev–Trinajstić information content (AvgIpc) is 0.656. The predicted molar refractivity (Wildman–Crippen MR) is 439 cm³/mol. The Morgan fingerprint density at radius 2 is 0.170 bits per heavy atom. The third kappa shape index (κ3) is 10.1. The Hall–Kier alpha value is 0. The Kier molecular flexibility index (Phi) is 12.2. The van der Waals surface area contributed by atoms with Crippen molar-refractivity contribution in [2.75, 3.05) is 0 Å². The standard InChI is InChI=1S/C106H166/c1-75-21-76(2)23-77(3,22-75)39-93(37-75,38-76)19-20-94-40-90(16)36-91(17,41-94)55-99(54-90,59-94)64-101-57-92(18)56-100(65-101,60-95-42-78(4)24-79(5,43-95)26-80(6,25-78)44-95)66-102(58-92,67-101)68-106-72-103(61-96-45-81(7)27-82(8,46-96)29-83(9,28-81)47-96)69-104(73-106,62-97-48-84(10)30-85(11,49-97)32-86(12,31-84)50-97)71-105(70-103,74-106)63-98-51-87(13)33-88(14,52-98)35-89(15,34-87)53-98/h19-74H2,1-18H3. The molecule has 32 aliphatic rings. The molecule has 0 heteroatoms. The molecule has 0 saturated heterocycles. The zero-order valence-corrected chi connectivity index (χ0v) is 73.6. The Balaban J connectivity index is 0.658. The molecule has 0 heterocycles. The van der Waals surface area contributed by atoms with Crippen LogP contribution in [0.3, 0.4) is 0 Å². The van der Waals surface area contributed by atoms with Crippen molar-refractivity contribution in [3.05, 3.63) is 0 Å². The first-order chi connectivity index (χ1) is 48.4. The quantitative estimate of drug-likeness (QED) is 0.153. The molecular formula is C106H166. The normalized spacial score (nSPS) is 70.2. The molecule has 0 spiro atoms. The summed E-state index contributed by atoms with van der Waals surface area (Å²) in [6.07, 6.45) is 90.0. The Labute approximate surface area is 653 Å². The molecular weight excluding hydrogens is 1270 g/mol. The summed E-state index contributed by atoms with van der Waals surface area (Å²) in [5, 5.41) is 0. The summed E-state index contributed by atoms with van der Waals surface area (Å²) in [6, 6.07) is 0. The van der Waals surface area contributed by atoms with Gasteiger partial charge in [-0.25, -0.2) is 0 Å². The van der Waals surface area contributed by atoms with Crippen LogP contribution in [0.1, 0.15) is 484 Å². The lowest BCUT2D eigenvalue weighted by Gasteiger charge is -2.79. The number of hydrogen-bond donors (Lipinski definition) is 0. The zero-order chi connectivity index (χ0) is 73.6. The zero-order valence-electron chi connectivity index (χ0n) is 73.6. The summed E-state index contributed by atoms with van der Waals surface area (Å²) in [7, 11) is 0. The van der Waals surface area contributed by atoms with Crippen LogP contribution < -0.4 is 0 Å². The Morgan fingerprint density at radius 1 is 0.0943 bits per heavy atom. The average molecular weight is 1440 g/mol. The summed E-state index contributed by atoms with van der Waals surface area (Å²) in [4.78, 5) is 0. The van der Waals surface area contributed by atoms with Gasteiger partial charge >= 0.3 is 0 Å². The smallest absolute Gasteiger partial charge is 0.0276 e. The molecule has 0 aromatic rings. The summed E-state index contributed by atoms with van der Waals surface area (Å²) in [6.45, 7) is 52.3. The van der Waals surface area contributed by atoms with Crippen LogP contribution in [0.2, 0.25) is 0 Å². The van der Waals surface area contributed by atoms with Crippen molar-refractivity contribution in [1.29, 1.82) is 0 Å². The van der Waals surface area contributed by atoms with Crippen molar-refractivity contribution < 1.29 is 0 Å². The van der Waals surface area contributed by atoms with Crippen molar-refractivity contribution in [2.24, 2.45) is 173 Å². The monoisotopic (exact) mass is 1440 g/mol. The fraction of sp³-hybridized carbons (Fsp3) is 1.00. The van der Waals surface area contributed by atoms with Crippen molar-refractivity contribution >= 4 is 0 Å². The van der Waals surface area contributed by atoms with Crippen LogP contribution in [0.4, 0.5) is 0 Å². The fourth-order valence-corrected chi connectivity index (χ4v) is 58.4. The third-order valence-corrected chi connectivity index (χ3v) is 44.5. The first-order valence-corrected chi connectivity index (χ1v) is 48.4. The molecule has 6 atom stereocenters. The summed E-state index contributed by atoms with van der Waals surface area (Å²) in [5.41, 5.74) is 17.7. The molecule has 0 aliphatic heterocycles. The maximum absolute atomic E-state index is 3.13. The van der Waals surface area contributed by atoms with Gasteiger partial charge in [-0.05, 0) is 533 Å². The van der Waals surface area contributed by atoms with E-state index in [-0.39, 0.29) is 0 Å². The minimum atomic E-state index is 0.497. The van der Waals surface area contributed by atoms with Crippen LogP contribution in [0.5, 0.6) is 0 Å². The molecule has 0 aromatic heterocycles. The first kappa shape index (κ1) is 70.2. The minimum absolute atomic E-state index is 0.497. The highest BCUT2D eigenvalue weighted by Gasteiger charge is 2.80. The van der Waals surface area contributed by atoms with Crippen LogP contribution in [-0.2, 0) is 0 Å². The second kappa shape index (κ2) is 18.5. The van der Waals surface area contributed by atoms with E-state index < -0.39 is 0 Å². The topological polar surface area (TPSA) is 0 Å². The molecule has 0 nitrogen and oxygen atoms in total. The lowest BCUT2D eigenvalue weighted by atomic mass is 9.25. The summed E-state index contributed by atoms with van der Waals surface area (Å²) >= 11 is 0. The van der Waals surface area contributed by atoms with Gasteiger partial charge in [-0.15, -0.1) is 0 Å². The van der Waals surface area contributed by atoms with Gasteiger partial charge in [-0.2, -0.15) is 0 Å². The molecule has 32 saturated carbocycles. The van der Waals surface area contributed by atoms with Gasteiger partial charge in [0.25, 0.3) is 0 Å². The summed E-state index contributed by atoms with van der Waals surface area (Å²) < 4.78 is 0. The molecule has 0 amide bonds. The van der Waals surface area contributed by atoms with E-state index >= 15 is 0 Å². The lowest BCUT2D eigenvalue weighted by molar-refractivity contribution is -0.291. The highest BCUT2D eigenvalue weighted by molar-refractivity contribution is 5.31. The molecule has 590 valence electrons. The fourth-order valence-electron chi connectivity index (χ4n) is 58.4. The maximum atomic E-state index is 3.13. The van der Waals surface area contributed by atoms with E-state index in [1.807, 2.05) is 0 Å². The van der Waals surface area contributed by atoms with E-state index in [1.165, 1.54) is 19.3 Å². The van der Waals surface area contributed by atoms with E-state index in [0.717, 1.165) is 0 Å². The third-order valence-electron chi connectivity index (χ3n) is 44.5. The van der Waals surface area contributed by atoms with Gasteiger partial charge in [0.15, 0.2) is 0 Å². The van der Waals surface area contributed by atoms with E-state index in [9.17, 15) is 0 Å². The van der Waals surface area contributed by atoms with E-state index in [0.29, 0.717) is 173 Å². The van der Waals surface area contributed by atoms with Crippen molar-refractivity contribution in [2.45, 2.75) is 484 Å². The second-order valence-electron chi connectivity index (χ2n) is 63.6. The van der Waals surface area contributed by atoms with Crippen molar-refractivity contribution in [1.82, 2.24) is 0 Å². The summed E-state index contributed by atoms with van der Waals surface area (Å²) in [5.74, 6) is 0. The van der Waals surface area contributed by atoms with Gasteiger partial charge in [0.2, 0.25) is 0 Å². The van der Waals surface area contributed by atoms with E-state index in [4.69, 9.17) is 0 Å². The van der Waals surface area contributed by atoms with Gasteiger partial charge in [-0.1, -0.05) is 125 Å². The second-order valence-corrected chi connectivity index (χ2v) is 63.6. The van der Waals surface area contributed by atoms with Gasteiger partial charge < -0.3 is 0 Å². The number of rotatable bonds is 15.